The predicted molar refractivity (Wildman–Crippen MR) is 49.9 cm³/mol. The molecule has 1 aromatic heterocycles. The molecule has 82 valence electrons. The molecule has 0 spiro atoms. The first-order chi connectivity index (χ1) is 6.85. The Bertz CT molecular complexity index is 377. The Morgan fingerprint density at radius 3 is 2.60 bits per heavy atom. The van der Waals surface area contributed by atoms with E-state index < -0.39 is 17.8 Å². The molecule has 0 saturated heterocycles. The van der Waals surface area contributed by atoms with Crippen LogP contribution in [0.25, 0.3) is 0 Å². The van der Waals surface area contributed by atoms with Crippen LogP contribution in [0.2, 0.25) is 0 Å². The van der Waals surface area contributed by atoms with Gasteiger partial charge in [-0.1, -0.05) is 0 Å². The van der Waals surface area contributed by atoms with Crippen molar-refractivity contribution in [3.05, 3.63) is 29.6 Å². The van der Waals surface area contributed by atoms with Gasteiger partial charge in [-0.3, -0.25) is 9.78 Å². The highest BCUT2D eigenvalue weighted by atomic mass is 19.3. The van der Waals surface area contributed by atoms with Crippen LogP contribution in [0.15, 0.2) is 18.3 Å². The zero-order valence-corrected chi connectivity index (χ0v) is 8.37. The van der Waals surface area contributed by atoms with Gasteiger partial charge in [0.05, 0.1) is 5.69 Å². The third-order valence-electron chi connectivity index (χ3n) is 2.21. The zero-order chi connectivity index (χ0) is 11.6. The average molecular weight is 215 g/mol. The maximum atomic E-state index is 12.4. The summed E-state index contributed by atoms with van der Waals surface area (Å²) < 4.78 is 24.7. The van der Waals surface area contributed by atoms with Crippen molar-refractivity contribution in [1.29, 1.82) is 0 Å². The van der Waals surface area contributed by atoms with E-state index in [0.717, 1.165) is 6.07 Å². The summed E-state index contributed by atoms with van der Waals surface area (Å²) in [6, 6.07) is 2.30. The molecular weight excluding hydrogens is 204 g/mol. The second-order valence-corrected chi connectivity index (χ2v) is 3.71. The molecule has 0 fully saturated rings. The Morgan fingerprint density at radius 1 is 1.53 bits per heavy atom. The minimum atomic E-state index is -2.61. The van der Waals surface area contributed by atoms with Gasteiger partial charge in [-0.25, -0.2) is 8.78 Å². The summed E-state index contributed by atoms with van der Waals surface area (Å²) in [5, 5.41) is 8.90. The third kappa shape index (κ3) is 2.29. The van der Waals surface area contributed by atoms with E-state index >= 15 is 0 Å². The molecule has 0 bridgehead atoms. The molecule has 0 aromatic carbocycles. The van der Waals surface area contributed by atoms with Gasteiger partial charge in [0.1, 0.15) is 5.41 Å². The maximum Gasteiger partial charge on any atom is 0.315 e. The van der Waals surface area contributed by atoms with Crippen LogP contribution < -0.4 is 0 Å². The number of carbonyl (C=O) groups is 1. The van der Waals surface area contributed by atoms with Crippen molar-refractivity contribution in [2.24, 2.45) is 0 Å². The van der Waals surface area contributed by atoms with E-state index in [-0.39, 0.29) is 11.3 Å². The van der Waals surface area contributed by atoms with Crippen molar-refractivity contribution in [3.63, 3.8) is 0 Å². The quantitative estimate of drug-likeness (QED) is 0.842. The number of rotatable bonds is 3. The molecule has 1 aromatic rings. The first-order valence-electron chi connectivity index (χ1n) is 4.33. The lowest BCUT2D eigenvalue weighted by atomic mass is 9.88. The molecule has 0 aliphatic heterocycles. The fourth-order valence-electron chi connectivity index (χ4n) is 1.03. The first-order valence-corrected chi connectivity index (χ1v) is 4.33. The molecule has 0 aliphatic carbocycles. The van der Waals surface area contributed by atoms with Gasteiger partial charge in [0, 0.05) is 11.8 Å². The highest BCUT2D eigenvalue weighted by Crippen LogP contribution is 2.25. The summed E-state index contributed by atoms with van der Waals surface area (Å²) in [5.41, 5.74) is -1.34. The molecule has 5 heteroatoms. The molecule has 0 unspecified atom stereocenters. The van der Waals surface area contributed by atoms with E-state index in [2.05, 4.69) is 4.98 Å². The van der Waals surface area contributed by atoms with Gasteiger partial charge in [0.15, 0.2) is 0 Å². The Kier molecular flexibility index (Phi) is 3.02. The van der Waals surface area contributed by atoms with E-state index in [1.54, 1.807) is 0 Å². The number of alkyl halides is 2. The van der Waals surface area contributed by atoms with Crippen LogP contribution in [0.3, 0.4) is 0 Å². The van der Waals surface area contributed by atoms with Gasteiger partial charge in [-0.15, -0.1) is 0 Å². The fraction of sp³-hybridized carbons (Fsp3) is 0.400. The number of carboxylic acid groups (broad SMARTS) is 1. The number of aliphatic carboxylic acids is 1. The molecule has 0 amide bonds. The Balaban J connectivity index is 3.16. The SMILES string of the molecule is CC(C)(C(=O)O)c1cc(C(F)F)ccn1. The summed E-state index contributed by atoms with van der Waals surface area (Å²) in [5.74, 6) is -1.10. The lowest BCUT2D eigenvalue weighted by molar-refractivity contribution is -0.142. The van der Waals surface area contributed by atoms with Gasteiger partial charge < -0.3 is 5.11 Å². The minimum Gasteiger partial charge on any atom is -0.481 e. The Labute approximate surface area is 85.8 Å². The minimum absolute atomic E-state index is 0.132. The number of pyridine rings is 1. The number of hydrogen-bond acceptors (Lipinski definition) is 2. The van der Waals surface area contributed by atoms with Crippen LogP contribution in [0.4, 0.5) is 8.78 Å². The molecule has 1 rings (SSSR count). The molecule has 0 atom stereocenters. The average Bonchev–Trinajstić information content (AvgIpc) is 2.17. The summed E-state index contributed by atoms with van der Waals surface area (Å²) >= 11 is 0. The van der Waals surface area contributed by atoms with Crippen molar-refractivity contribution in [2.45, 2.75) is 25.7 Å². The van der Waals surface area contributed by atoms with Crippen LogP contribution in [-0.4, -0.2) is 16.1 Å². The highest BCUT2D eigenvalue weighted by Gasteiger charge is 2.31. The van der Waals surface area contributed by atoms with Gasteiger partial charge >= 0.3 is 5.97 Å². The summed E-state index contributed by atoms with van der Waals surface area (Å²) in [6.45, 7) is 2.85. The standard InChI is InChI=1S/C10H11F2NO2/c1-10(2,9(14)15)7-5-6(8(11)12)3-4-13-7/h3-5,8H,1-2H3,(H,14,15). The number of halogens is 2. The summed E-state index contributed by atoms with van der Waals surface area (Å²) in [6.07, 6.45) is -1.42. The molecule has 3 nitrogen and oxygen atoms in total. The molecule has 0 saturated carbocycles. The van der Waals surface area contributed by atoms with E-state index in [1.807, 2.05) is 0 Å². The zero-order valence-electron chi connectivity index (χ0n) is 8.37. The van der Waals surface area contributed by atoms with Crippen LogP contribution in [0.5, 0.6) is 0 Å². The fourth-order valence-corrected chi connectivity index (χ4v) is 1.03. The Hall–Kier alpha value is -1.52. The molecule has 1 N–H and O–H groups in total. The lowest BCUT2D eigenvalue weighted by Crippen LogP contribution is -2.29. The van der Waals surface area contributed by atoms with E-state index in [4.69, 9.17) is 5.11 Å². The third-order valence-corrected chi connectivity index (χ3v) is 2.21. The van der Waals surface area contributed by atoms with Crippen LogP contribution >= 0.6 is 0 Å². The normalized spacial score (nSPS) is 11.8. The summed E-state index contributed by atoms with van der Waals surface area (Å²) in [4.78, 5) is 14.7. The lowest BCUT2D eigenvalue weighted by Gasteiger charge is -2.18. The van der Waals surface area contributed by atoms with Crippen molar-refractivity contribution >= 4 is 5.97 Å². The second-order valence-electron chi connectivity index (χ2n) is 3.71. The van der Waals surface area contributed by atoms with Crippen LogP contribution in [0.1, 0.15) is 31.5 Å². The van der Waals surface area contributed by atoms with Crippen molar-refractivity contribution in [2.75, 3.05) is 0 Å². The van der Waals surface area contributed by atoms with E-state index in [9.17, 15) is 13.6 Å². The second kappa shape index (κ2) is 3.92. The number of aromatic nitrogens is 1. The largest absolute Gasteiger partial charge is 0.481 e. The molecular formula is C10H11F2NO2. The van der Waals surface area contributed by atoms with Gasteiger partial charge in [-0.2, -0.15) is 0 Å². The van der Waals surface area contributed by atoms with Crippen molar-refractivity contribution < 1.29 is 18.7 Å². The molecule has 15 heavy (non-hydrogen) atoms. The number of hydrogen-bond donors (Lipinski definition) is 1. The van der Waals surface area contributed by atoms with Crippen molar-refractivity contribution in [1.82, 2.24) is 4.98 Å². The van der Waals surface area contributed by atoms with E-state index in [1.165, 1.54) is 26.1 Å². The van der Waals surface area contributed by atoms with Gasteiger partial charge in [-0.05, 0) is 26.0 Å². The van der Waals surface area contributed by atoms with Gasteiger partial charge in [0.25, 0.3) is 6.43 Å². The molecule has 0 aliphatic rings. The number of nitrogens with zero attached hydrogens (tertiary/aromatic N) is 1. The van der Waals surface area contributed by atoms with Crippen molar-refractivity contribution in [3.8, 4) is 0 Å². The first kappa shape index (κ1) is 11.6. The maximum absolute atomic E-state index is 12.4. The van der Waals surface area contributed by atoms with E-state index in [0.29, 0.717) is 0 Å². The predicted octanol–water partition coefficient (Wildman–Crippen LogP) is 2.38. The van der Waals surface area contributed by atoms with Gasteiger partial charge in [0.2, 0.25) is 0 Å². The molecule has 0 radical (unpaired) electrons. The highest BCUT2D eigenvalue weighted by molar-refractivity contribution is 5.79. The summed E-state index contributed by atoms with van der Waals surface area (Å²) in [7, 11) is 0. The Morgan fingerprint density at radius 2 is 2.13 bits per heavy atom. The molecule has 1 heterocycles. The number of carboxylic acids is 1. The smallest absolute Gasteiger partial charge is 0.315 e. The van der Waals surface area contributed by atoms with Crippen LogP contribution in [-0.2, 0) is 10.2 Å². The topological polar surface area (TPSA) is 50.2 Å². The van der Waals surface area contributed by atoms with Crippen LogP contribution in [0, 0.1) is 0 Å². The monoisotopic (exact) mass is 215 g/mol.